The SMILES string of the molecule is C=CCCC(NC(=O)c1cc(S(=O)(=O)N(C)C)c(C)o1)C(=O)O. The molecule has 0 aliphatic rings. The number of allylic oxidation sites excluding steroid dienone is 1. The van der Waals surface area contributed by atoms with Crippen molar-refractivity contribution in [1.29, 1.82) is 0 Å². The van der Waals surface area contributed by atoms with Gasteiger partial charge in [0.25, 0.3) is 5.91 Å². The van der Waals surface area contributed by atoms with Crippen LogP contribution in [0, 0.1) is 6.92 Å². The largest absolute Gasteiger partial charge is 0.480 e. The van der Waals surface area contributed by atoms with Crippen molar-refractivity contribution < 1.29 is 27.5 Å². The zero-order valence-corrected chi connectivity index (χ0v) is 14.0. The molecule has 0 saturated carbocycles. The number of nitrogens with zero attached hydrogens (tertiary/aromatic N) is 1. The fourth-order valence-corrected chi connectivity index (χ4v) is 2.86. The molecule has 0 aliphatic carbocycles. The van der Waals surface area contributed by atoms with Gasteiger partial charge in [0.1, 0.15) is 16.7 Å². The molecule has 0 aliphatic heterocycles. The van der Waals surface area contributed by atoms with Gasteiger partial charge in [-0.1, -0.05) is 6.08 Å². The van der Waals surface area contributed by atoms with E-state index >= 15 is 0 Å². The molecule has 1 aromatic rings. The summed E-state index contributed by atoms with van der Waals surface area (Å²) in [6, 6.07) is -0.0216. The van der Waals surface area contributed by atoms with E-state index in [2.05, 4.69) is 11.9 Å². The molecule has 1 aromatic heterocycles. The van der Waals surface area contributed by atoms with Gasteiger partial charge in [-0.05, 0) is 19.8 Å². The standard InChI is InChI=1S/C14H20N2O6S/c1-5-6-7-10(14(18)19)15-13(17)11-8-12(9(2)22-11)23(20,21)16(3)4/h5,8,10H,1,6-7H2,2-4H3,(H,15,17)(H,18,19). The number of carboxylic acid groups (broad SMARTS) is 1. The Bertz CT molecular complexity index is 705. The van der Waals surface area contributed by atoms with Crippen LogP contribution in [0.5, 0.6) is 0 Å². The lowest BCUT2D eigenvalue weighted by molar-refractivity contribution is -0.139. The van der Waals surface area contributed by atoms with E-state index < -0.39 is 27.9 Å². The predicted octanol–water partition coefficient (Wildman–Crippen LogP) is 0.988. The quantitative estimate of drug-likeness (QED) is 0.679. The zero-order valence-electron chi connectivity index (χ0n) is 13.2. The number of furan rings is 1. The summed E-state index contributed by atoms with van der Waals surface area (Å²) in [6.45, 7) is 4.91. The first-order valence-corrected chi connectivity index (χ1v) is 8.22. The first kappa shape index (κ1) is 18.9. The minimum absolute atomic E-state index is 0.0572. The number of carbonyl (C=O) groups is 2. The third-order valence-electron chi connectivity index (χ3n) is 3.12. The van der Waals surface area contributed by atoms with E-state index in [-0.39, 0.29) is 22.8 Å². The van der Waals surface area contributed by atoms with E-state index in [0.29, 0.717) is 6.42 Å². The molecule has 8 nitrogen and oxygen atoms in total. The number of nitrogens with one attached hydrogen (secondary N) is 1. The van der Waals surface area contributed by atoms with Crippen LogP contribution in [0.15, 0.2) is 28.0 Å². The number of carboxylic acids is 1. The molecule has 0 spiro atoms. The summed E-state index contributed by atoms with van der Waals surface area (Å²) in [6.07, 6.45) is 2.13. The Morgan fingerprint density at radius 2 is 2.09 bits per heavy atom. The average molecular weight is 344 g/mol. The fraction of sp³-hybridized carbons (Fsp3) is 0.429. The number of sulfonamides is 1. The molecular weight excluding hydrogens is 324 g/mol. The van der Waals surface area contributed by atoms with Crippen LogP contribution in [0.2, 0.25) is 0 Å². The van der Waals surface area contributed by atoms with Crippen LogP contribution >= 0.6 is 0 Å². The van der Waals surface area contributed by atoms with Gasteiger partial charge in [-0.15, -0.1) is 6.58 Å². The lowest BCUT2D eigenvalue weighted by Crippen LogP contribution is -2.40. The lowest BCUT2D eigenvalue weighted by atomic mass is 10.1. The number of rotatable bonds is 8. The summed E-state index contributed by atoms with van der Waals surface area (Å²) in [4.78, 5) is 23.1. The highest BCUT2D eigenvalue weighted by molar-refractivity contribution is 7.89. The van der Waals surface area contributed by atoms with Gasteiger partial charge < -0.3 is 14.8 Å². The van der Waals surface area contributed by atoms with Crippen LogP contribution in [0.25, 0.3) is 0 Å². The predicted molar refractivity (Wildman–Crippen MR) is 82.6 cm³/mol. The molecule has 0 fully saturated rings. The zero-order chi connectivity index (χ0) is 17.8. The van der Waals surface area contributed by atoms with Gasteiger partial charge in [0, 0.05) is 20.2 Å². The summed E-state index contributed by atoms with van der Waals surface area (Å²) in [5.74, 6) is -2.18. The maximum Gasteiger partial charge on any atom is 0.326 e. The normalized spacial score (nSPS) is 12.9. The number of aliphatic carboxylic acids is 1. The van der Waals surface area contributed by atoms with Crippen molar-refractivity contribution in [3.8, 4) is 0 Å². The van der Waals surface area contributed by atoms with Crippen molar-refractivity contribution >= 4 is 21.9 Å². The molecule has 0 bridgehead atoms. The van der Waals surface area contributed by atoms with Crippen molar-refractivity contribution in [2.75, 3.05) is 14.1 Å². The fourth-order valence-electron chi connectivity index (χ4n) is 1.80. The highest BCUT2D eigenvalue weighted by atomic mass is 32.2. The second kappa shape index (κ2) is 7.42. The van der Waals surface area contributed by atoms with E-state index in [4.69, 9.17) is 9.52 Å². The minimum atomic E-state index is -3.75. The molecule has 128 valence electrons. The smallest absolute Gasteiger partial charge is 0.326 e. The van der Waals surface area contributed by atoms with Gasteiger partial charge in [0.15, 0.2) is 5.76 Å². The molecule has 0 aromatic carbocycles. The summed E-state index contributed by atoms with van der Waals surface area (Å²) in [7, 11) is -1.03. The molecule has 1 rings (SSSR count). The Balaban J connectivity index is 3.02. The summed E-state index contributed by atoms with van der Waals surface area (Å²) in [5.41, 5.74) is 0. The monoisotopic (exact) mass is 344 g/mol. The van der Waals surface area contributed by atoms with E-state index in [0.717, 1.165) is 10.4 Å². The van der Waals surface area contributed by atoms with Gasteiger partial charge in [0.05, 0.1) is 0 Å². The van der Waals surface area contributed by atoms with Crippen LogP contribution in [0.3, 0.4) is 0 Å². The van der Waals surface area contributed by atoms with Crippen molar-refractivity contribution in [2.24, 2.45) is 0 Å². The van der Waals surface area contributed by atoms with E-state index in [1.54, 1.807) is 6.08 Å². The Hall–Kier alpha value is -2.13. The van der Waals surface area contributed by atoms with Crippen LogP contribution < -0.4 is 5.32 Å². The van der Waals surface area contributed by atoms with Gasteiger partial charge in [-0.25, -0.2) is 17.5 Å². The molecule has 0 saturated heterocycles. The number of hydrogen-bond donors (Lipinski definition) is 2. The molecule has 1 amide bonds. The maximum atomic E-state index is 12.1. The van der Waals surface area contributed by atoms with Gasteiger partial charge >= 0.3 is 5.97 Å². The van der Waals surface area contributed by atoms with Crippen molar-refractivity contribution in [3.05, 3.63) is 30.2 Å². The van der Waals surface area contributed by atoms with Crippen LogP contribution in [0.1, 0.15) is 29.2 Å². The number of amides is 1. The lowest BCUT2D eigenvalue weighted by Gasteiger charge is -2.12. The van der Waals surface area contributed by atoms with Gasteiger partial charge in [-0.2, -0.15) is 0 Å². The average Bonchev–Trinajstić information content (AvgIpc) is 2.85. The van der Waals surface area contributed by atoms with Crippen LogP contribution in [0.4, 0.5) is 0 Å². The van der Waals surface area contributed by atoms with E-state index in [9.17, 15) is 18.0 Å². The third-order valence-corrected chi connectivity index (χ3v) is 5.04. The van der Waals surface area contributed by atoms with Crippen molar-refractivity contribution in [1.82, 2.24) is 9.62 Å². The molecule has 1 heterocycles. The molecule has 0 radical (unpaired) electrons. The Morgan fingerprint density at radius 1 is 1.48 bits per heavy atom. The third kappa shape index (κ3) is 4.42. The molecule has 1 atom stereocenters. The topological polar surface area (TPSA) is 117 Å². The summed E-state index contributed by atoms with van der Waals surface area (Å²) in [5, 5.41) is 11.4. The molecule has 9 heteroatoms. The van der Waals surface area contributed by atoms with Crippen LogP contribution in [-0.2, 0) is 14.8 Å². The number of hydrogen-bond acceptors (Lipinski definition) is 5. The van der Waals surface area contributed by atoms with Crippen LogP contribution in [-0.4, -0.2) is 49.8 Å². The maximum absolute atomic E-state index is 12.1. The summed E-state index contributed by atoms with van der Waals surface area (Å²) >= 11 is 0. The highest BCUT2D eigenvalue weighted by Crippen LogP contribution is 2.22. The Kier molecular flexibility index (Phi) is 6.11. The second-order valence-corrected chi connectivity index (χ2v) is 7.17. The van der Waals surface area contributed by atoms with Crippen molar-refractivity contribution in [3.63, 3.8) is 0 Å². The molecule has 2 N–H and O–H groups in total. The van der Waals surface area contributed by atoms with E-state index in [1.165, 1.54) is 21.0 Å². The molecule has 1 unspecified atom stereocenters. The first-order chi connectivity index (χ1) is 10.6. The second-order valence-electron chi connectivity index (χ2n) is 5.05. The highest BCUT2D eigenvalue weighted by Gasteiger charge is 2.27. The number of aryl methyl sites for hydroxylation is 1. The molecule has 23 heavy (non-hydrogen) atoms. The summed E-state index contributed by atoms with van der Waals surface area (Å²) < 4.78 is 30.3. The van der Waals surface area contributed by atoms with E-state index in [1.807, 2.05) is 0 Å². The minimum Gasteiger partial charge on any atom is -0.480 e. The first-order valence-electron chi connectivity index (χ1n) is 6.78. The van der Waals surface area contributed by atoms with Gasteiger partial charge in [-0.3, -0.25) is 4.79 Å². The Labute approximate surface area is 134 Å². The molecular formula is C14H20N2O6S. The Morgan fingerprint density at radius 3 is 2.57 bits per heavy atom. The van der Waals surface area contributed by atoms with Crippen molar-refractivity contribution in [2.45, 2.75) is 30.7 Å². The number of carbonyl (C=O) groups excluding carboxylic acids is 1. The van der Waals surface area contributed by atoms with Gasteiger partial charge in [0.2, 0.25) is 10.0 Å².